The Morgan fingerprint density at radius 1 is 0.703 bits per heavy atom. The molecule has 176 valence electrons. The Kier molecular flexibility index (Phi) is 3.94. The van der Waals surface area contributed by atoms with Crippen molar-refractivity contribution < 1.29 is 0 Å². The Bertz CT molecular complexity index is 1960. The van der Waals surface area contributed by atoms with E-state index in [0.717, 1.165) is 33.9 Å². The number of rotatable bonds is 2. The van der Waals surface area contributed by atoms with E-state index in [0.29, 0.717) is 0 Å². The molecule has 0 unspecified atom stereocenters. The van der Waals surface area contributed by atoms with Gasteiger partial charge in [0.1, 0.15) is 12.0 Å². The quantitative estimate of drug-likeness (QED) is 0.264. The van der Waals surface area contributed by atoms with Gasteiger partial charge in [0, 0.05) is 28.1 Å². The maximum atomic E-state index is 5.04. The Hall–Kier alpha value is -4.77. The average molecular weight is 478 g/mol. The van der Waals surface area contributed by atoms with Crippen LogP contribution in [0, 0.1) is 0 Å². The Balaban J connectivity index is 1.46. The van der Waals surface area contributed by atoms with E-state index in [1.165, 1.54) is 32.9 Å². The van der Waals surface area contributed by atoms with Crippen molar-refractivity contribution in [1.82, 2.24) is 24.1 Å². The highest BCUT2D eigenvalue weighted by Gasteiger charge is 2.36. The highest BCUT2D eigenvalue weighted by atomic mass is 15.1. The minimum atomic E-state index is -0.206. The number of aromatic nitrogens is 5. The molecule has 0 N–H and O–H groups in total. The molecule has 0 saturated carbocycles. The topological polar surface area (TPSA) is 48.5 Å². The smallest absolute Gasteiger partial charge is 0.164 e. The standard InChI is InChI=1S/C32H23N5/c1-32(2)23-10-7-11-25-30(23)37(31(35-25)26-16-17-33-19-34-26)29-15-14-20(18-24(29)32)36-27-12-5-3-8-21(27)22-9-4-6-13-28(22)36/h3-19H,1-2H3. The molecule has 7 aromatic rings. The monoisotopic (exact) mass is 477 g/mol. The van der Waals surface area contributed by atoms with Crippen molar-refractivity contribution in [3.8, 4) is 22.9 Å². The van der Waals surface area contributed by atoms with Gasteiger partial charge in [-0.1, -0.05) is 62.4 Å². The molecule has 1 aliphatic rings. The number of para-hydroxylation sites is 3. The van der Waals surface area contributed by atoms with Gasteiger partial charge < -0.3 is 4.57 Å². The van der Waals surface area contributed by atoms with Crippen LogP contribution in [0.5, 0.6) is 0 Å². The van der Waals surface area contributed by atoms with Gasteiger partial charge in [0.15, 0.2) is 5.82 Å². The van der Waals surface area contributed by atoms with Gasteiger partial charge in [-0.25, -0.2) is 15.0 Å². The van der Waals surface area contributed by atoms with Crippen LogP contribution in [0.3, 0.4) is 0 Å². The SMILES string of the molecule is CC1(C)c2cc(-n3c4ccccc4c4ccccc43)ccc2-n2c(-c3ccncn3)nc3cccc1c32. The molecule has 3 aromatic heterocycles. The first-order chi connectivity index (χ1) is 18.1. The summed E-state index contributed by atoms with van der Waals surface area (Å²) >= 11 is 0. The number of nitrogens with zero attached hydrogens (tertiary/aromatic N) is 5. The summed E-state index contributed by atoms with van der Waals surface area (Å²) in [5.74, 6) is 0.839. The maximum Gasteiger partial charge on any atom is 0.164 e. The molecular weight excluding hydrogens is 454 g/mol. The van der Waals surface area contributed by atoms with E-state index < -0.39 is 0 Å². The largest absolute Gasteiger partial charge is 0.309 e. The Morgan fingerprint density at radius 2 is 1.46 bits per heavy atom. The van der Waals surface area contributed by atoms with E-state index in [4.69, 9.17) is 4.98 Å². The van der Waals surface area contributed by atoms with Gasteiger partial charge in [-0.15, -0.1) is 0 Å². The van der Waals surface area contributed by atoms with Crippen LogP contribution in [0.4, 0.5) is 0 Å². The van der Waals surface area contributed by atoms with Crippen molar-refractivity contribution in [2.45, 2.75) is 19.3 Å². The van der Waals surface area contributed by atoms with Gasteiger partial charge in [-0.2, -0.15) is 0 Å². The molecule has 0 saturated heterocycles. The molecule has 1 aliphatic heterocycles. The van der Waals surface area contributed by atoms with E-state index in [1.54, 1.807) is 12.5 Å². The predicted molar refractivity (Wildman–Crippen MR) is 149 cm³/mol. The molecule has 0 aliphatic carbocycles. The predicted octanol–water partition coefficient (Wildman–Crippen LogP) is 7.22. The van der Waals surface area contributed by atoms with Crippen LogP contribution in [-0.2, 0) is 5.41 Å². The first kappa shape index (κ1) is 20.4. The third-order valence-electron chi connectivity index (χ3n) is 7.89. The van der Waals surface area contributed by atoms with Crippen molar-refractivity contribution in [2.75, 3.05) is 0 Å². The average Bonchev–Trinajstić information content (AvgIpc) is 3.49. The van der Waals surface area contributed by atoms with Crippen LogP contribution in [0.15, 0.2) is 104 Å². The molecule has 0 spiro atoms. The molecular formula is C32H23N5. The Morgan fingerprint density at radius 3 is 2.19 bits per heavy atom. The first-order valence-corrected chi connectivity index (χ1v) is 12.5. The van der Waals surface area contributed by atoms with Crippen molar-refractivity contribution in [3.63, 3.8) is 0 Å². The molecule has 5 heteroatoms. The van der Waals surface area contributed by atoms with Crippen LogP contribution in [0.1, 0.15) is 25.0 Å². The van der Waals surface area contributed by atoms with Crippen LogP contribution in [-0.4, -0.2) is 24.1 Å². The fraction of sp³-hybridized carbons (Fsp3) is 0.0938. The summed E-state index contributed by atoms with van der Waals surface area (Å²) in [7, 11) is 0. The lowest BCUT2D eigenvalue weighted by atomic mass is 9.74. The van der Waals surface area contributed by atoms with Crippen LogP contribution < -0.4 is 0 Å². The number of hydrogen-bond acceptors (Lipinski definition) is 3. The first-order valence-electron chi connectivity index (χ1n) is 12.5. The van der Waals surface area contributed by atoms with Crippen molar-refractivity contribution >= 4 is 32.8 Å². The molecule has 0 amide bonds. The Labute approximate surface area is 213 Å². The van der Waals surface area contributed by atoms with Gasteiger partial charge >= 0.3 is 0 Å². The third-order valence-corrected chi connectivity index (χ3v) is 7.89. The van der Waals surface area contributed by atoms with Crippen LogP contribution in [0.2, 0.25) is 0 Å². The molecule has 37 heavy (non-hydrogen) atoms. The summed E-state index contributed by atoms with van der Waals surface area (Å²) in [6.45, 7) is 4.63. The highest BCUT2D eigenvalue weighted by molar-refractivity contribution is 6.09. The molecule has 0 atom stereocenters. The third kappa shape index (κ3) is 2.66. The zero-order valence-corrected chi connectivity index (χ0v) is 20.6. The summed E-state index contributed by atoms with van der Waals surface area (Å²) in [5.41, 5.74) is 10.00. The number of hydrogen-bond donors (Lipinski definition) is 0. The normalized spacial score (nSPS) is 13.9. The van der Waals surface area contributed by atoms with E-state index >= 15 is 0 Å². The van der Waals surface area contributed by atoms with E-state index in [2.05, 4.69) is 118 Å². The number of imidazole rings is 1. The molecule has 8 rings (SSSR count). The van der Waals surface area contributed by atoms with Gasteiger partial charge in [-0.05, 0) is 53.6 Å². The van der Waals surface area contributed by atoms with Gasteiger partial charge in [-0.3, -0.25) is 4.57 Å². The van der Waals surface area contributed by atoms with Crippen LogP contribution in [0.25, 0.3) is 55.7 Å². The van der Waals surface area contributed by atoms with Crippen LogP contribution >= 0.6 is 0 Å². The minimum Gasteiger partial charge on any atom is -0.309 e. The molecule has 0 fully saturated rings. The lowest BCUT2D eigenvalue weighted by Gasteiger charge is -2.35. The molecule has 5 nitrogen and oxygen atoms in total. The van der Waals surface area contributed by atoms with Gasteiger partial charge in [0.25, 0.3) is 0 Å². The summed E-state index contributed by atoms with van der Waals surface area (Å²) < 4.78 is 4.67. The maximum absolute atomic E-state index is 5.04. The van der Waals surface area contributed by atoms with Gasteiger partial charge in [0.05, 0.1) is 27.8 Å². The van der Waals surface area contributed by atoms with Crippen molar-refractivity contribution in [3.05, 3.63) is 115 Å². The second-order valence-corrected chi connectivity index (χ2v) is 10.2. The summed E-state index contributed by atoms with van der Waals surface area (Å²) in [5, 5.41) is 2.53. The zero-order valence-electron chi connectivity index (χ0n) is 20.6. The van der Waals surface area contributed by atoms with E-state index in [-0.39, 0.29) is 5.41 Å². The second-order valence-electron chi connectivity index (χ2n) is 10.2. The van der Waals surface area contributed by atoms with Crippen molar-refractivity contribution in [2.24, 2.45) is 0 Å². The fourth-order valence-corrected chi connectivity index (χ4v) is 6.16. The second kappa shape index (κ2) is 7.14. The number of benzene rings is 4. The lowest BCUT2D eigenvalue weighted by Crippen LogP contribution is -2.26. The van der Waals surface area contributed by atoms with Gasteiger partial charge in [0.2, 0.25) is 0 Å². The summed E-state index contributed by atoms with van der Waals surface area (Å²) in [4.78, 5) is 13.7. The zero-order chi connectivity index (χ0) is 24.7. The number of fused-ring (bicyclic) bond motifs is 5. The molecule has 0 radical (unpaired) electrons. The minimum absolute atomic E-state index is 0.206. The van der Waals surface area contributed by atoms with E-state index in [9.17, 15) is 0 Å². The fourth-order valence-electron chi connectivity index (χ4n) is 6.16. The van der Waals surface area contributed by atoms with E-state index in [1.807, 2.05) is 6.07 Å². The highest BCUT2D eigenvalue weighted by Crippen LogP contribution is 2.46. The van der Waals surface area contributed by atoms with Crippen molar-refractivity contribution in [1.29, 1.82) is 0 Å². The summed E-state index contributed by atoms with van der Waals surface area (Å²) in [6.07, 6.45) is 3.36. The lowest BCUT2D eigenvalue weighted by molar-refractivity contribution is 0.628. The molecule has 0 bridgehead atoms. The molecule has 4 heterocycles. The molecule has 4 aromatic carbocycles. The summed E-state index contributed by atoms with van der Waals surface area (Å²) in [6, 6.07) is 32.5.